The number of aryl methyl sites for hydroxylation is 1. The van der Waals surface area contributed by atoms with Gasteiger partial charge in [-0.25, -0.2) is 4.90 Å². The molecule has 3 amide bonds. The third-order valence-electron chi connectivity index (χ3n) is 7.87. The molecule has 7 nitrogen and oxygen atoms in total. The van der Waals surface area contributed by atoms with Crippen LogP contribution in [0.15, 0.2) is 42.5 Å². The number of benzene rings is 2. The molecule has 0 radical (unpaired) electrons. The van der Waals surface area contributed by atoms with Crippen molar-refractivity contribution in [3.63, 3.8) is 0 Å². The van der Waals surface area contributed by atoms with E-state index in [0.29, 0.717) is 24.6 Å². The van der Waals surface area contributed by atoms with Gasteiger partial charge in [-0.1, -0.05) is 19.1 Å². The number of nitrogens with one attached hydrogen (secondary N) is 1. The van der Waals surface area contributed by atoms with Crippen LogP contribution < -0.4 is 15.0 Å². The molecule has 3 fully saturated rings. The van der Waals surface area contributed by atoms with Crippen molar-refractivity contribution in [3.8, 4) is 5.75 Å². The van der Waals surface area contributed by atoms with E-state index in [1.54, 1.807) is 24.3 Å². The molecule has 1 spiro atoms. The van der Waals surface area contributed by atoms with E-state index in [9.17, 15) is 14.4 Å². The van der Waals surface area contributed by atoms with Crippen LogP contribution in [0.4, 0.5) is 11.4 Å². The standard InChI is InChI=1S/C26H27N3O4/c1-3-15-7-12-19-18(14-15)26(25(32)27-19)22-21(20-6-5-13-28(20)26)23(30)29(24(22)31)16-8-10-17(11-9-16)33-4-2/h7-12,14,20-22H,3-6,13H2,1-2H3,(H,27,32). The van der Waals surface area contributed by atoms with Gasteiger partial charge in [0.1, 0.15) is 11.3 Å². The fraction of sp³-hybridized carbons (Fsp3) is 0.423. The second-order valence-electron chi connectivity index (χ2n) is 9.30. The van der Waals surface area contributed by atoms with Crippen LogP contribution >= 0.6 is 0 Å². The van der Waals surface area contributed by atoms with Crippen LogP contribution in [0.2, 0.25) is 0 Å². The molecule has 6 rings (SSSR count). The summed E-state index contributed by atoms with van der Waals surface area (Å²) in [6, 6.07) is 12.9. The van der Waals surface area contributed by atoms with E-state index < -0.39 is 17.4 Å². The molecule has 2 aromatic rings. The quantitative estimate of drug-likeness (QED) is 0.732. The molecule has 170 valence electrons. The molecule has 4 aliphatic heterocycles. The van der Waals surface area contributed by atoms with Crippen LogP contribution in [0.1, 0.15) is 37.8 Å². The maximum absolute atomic E-state index is 14.0. The Kier molecular flexibility index (Phi) is 4.43. The van der Waals surface area contributed by atoms with E-state index in [1.807, 2.05) is 19.1 Å². The average Bonchev–Trinajstić information content (AvgIpc) is 3.53. The Balaban J connectivity index is 1.49. The summed E-state index contributed by atoms with van der Waals surface area (Å²) in [6.45, 7) is 5.24. The van der Waals surface area contributed by atoms with E-state index in [2.05, 4.69) is 23.2 Å². The molecule has 7 heteroatoms. The molecule has 1 N–H and O–H groups in total. The first-order valence-electron chi connectivity index (χ1n) is 11.8. The minimum atomic E-state index is -1.13. The van der Waals surface area contributed by atoms with Crippen LogP contribution in [0.25, 0.3) is 0 Å². The van der Waals surface area contributed by atoms with Crippen molar-refractivity contribution in [1.29, 1.82) is 0 Å². The lowest BCUT2D eigenvalue weighted by molar-refractivity contribution is -0.135. The summed E-state index contributed by atoms with van der Waals surface area (Å²) in [5.74, 6) is -1.22. The smallest absolute Gasteiger partial charge is 0.250 e. The summed E-state index contributed by atoms with van der Waals surface area (Å²) in [5.41, 5.74) is 2.12. The Labute approximate surface area is 192 Å². The van der Waals surface area contributed by atoms with Crippen LogP contribution in [-0.2, 0) is 26.3 Å². The van der Waals surface area contributed by atoms with Gasteiger partial charge in [-0.15, -0.1) is 0 Å². The highest BCUT2D eigenvalue weighted by Crippen LogP contribution is 2.60. The number of imide groups is 1. The topological polar surface area (TPSA) is 79.0 Å². The van der Waals surface area contributed by atoms with Crippen molar-refractivity contribution in [1.82, 2.24) is 4.90 Å². The minimum absolute atomic E-state index is 0.110. The number of carbonyl (C=O) groups excluding carboxylic acids is 3. The molecule has 4 heterocycles. The molecule has 2 aromatic carbocycles. The molecule has 4 unspecified atom stereocenters. The predicted octanol–water partition coefficient (Wildman–Crippen LogP) is 3.08. The summed E-state index contributed by atoms with van der Waals surface area (Å²) in [7, 11) is 0. The van der Waals surface area contributed by atoms with Crippen LogP contribution in [0.3, 0.4) is 0 Å². The van der Waals surface area contributed by atoms with Gasteiger partial charge in [0, 0.05) is 17.3 Å². The van der Waals surface area contributed by atoms with E-state index in [1.165, 1.54) is 4.90 Å². The number of ether oxygens (including phenoxy) is 1. The maximum Gasteiger partial charge on any atom is 0.250 e. The zero-order chi connectivity index (χ0) is 22.9. The molecule has 0 bridgehead atoms. The number of hydrogen-bond donors (Lipinski definition) is 1. The third kappa shape index (κ3) is 2.51. The van der Waals surface area contributed by atoms with Crippen molar-refractivity contribution in [2.45, 2.75) is 44.7 Å². The van der Waals surface area contributed by atoms with Crippen molar-refractivity contribution in [2.75, 3.05) is 23.4 Å². The molecular weight excluding hydrogens is 418 g/mol. The summed E-state index contributed by atoms with van der Waals surface area (Å²) in [4.78, 5) is 44.9. The van der Waals surface area contributed by atoms with E-state index in [0.717, 1.165) is 36.1 Å². The van der Waals surface area contributed by atoms with Crippen molar-refractivity contribution < 1.29 is 19.1 Å². The Morgan fingerprint density at radius 3 is 2.58 bits per heavy atom. The molecule has 4 aliphatic rings. The van der Waals surface area contributed by atoms with Gasteiger partial charge in [0.15, 0.2) is 0 Å². The van der Waals surface area contributed by atoms with Gasteiger partial charge in [-0.2, -0.15) is 0 Å². The molecule has 0 aromatic heterocycles. The van der Waals surface area contributed by atoms with Gasteiger partial charge >= 0.3 is 0 Å². The second kappa shape index (κ2) is 7.15. The second-order valence-corrected chi connectivity index (χ2v) is 9.30. The number of anilines is 2. The predicted molar refractivity (Wildman–Crippen MR) is 123 cm³/mol. The lowest BCUT2D eigenvalue weighted by Crippen LogP contribution is -2.54. The van der Waals surface area contributed by atoms with E-state index in [4.69, 9.17) is 4.74 Å². The third-order valence-corrected chi connectivity index (χ3v) is 7.87. The monoisotopic (exact) mass is 445 g/mol. The fourth-order valence-electron chi connectivity index (χ4n) is 6.58. The highest BCUT2D eigenvalue weighted by molar-refractivity contribution is 6.25. The van der Waals surface area contributed by atoms with Gasteiger partial charge in [0.05, 0.1) is 24.1 Å². The molecular formula is C26H27N3O4. The van der Waals surface area contributed by atoms with Crippen LogP contribution in [0, 0.1) is 11.8 Å². The molecule has 0 saturated carbocycles. The van der Waals surface area contributed by atoms with Gasteiger partial charge in [-0.05, 0) is 68.6 Å². The van der Waals surface area contributed by atoms with Crippen LogP contribution in [-0.4, -0.2) is 41.8 Å². The first-order chi connectivity index (χ1) is 16.0. The minimum Gasteiger partial charge on any atom is -0.494 e. The van der Waals surface area contributed by atoms with Gasteiger partial charge in [0.25, 0.3) is 0 Å². The summed E-state index contributed by atoms with van der Waals surface area (Å²) in [5, 5.41) is 3.04. The number of rotatable bonds is 4. The van der Waals surface area contributed by atoms with Gasteiger partial charge < -0.3 is 10.1 Å². The lowest BCUT2D eigenvalue weighted by Gasteiger charge is -2.36. The van der Waals surface area contributed by atoms with Crippen molar-refractivity contribution in [2.24, 2.45) is 11.8 Å². The average molecular weight is 446 g/mol. The van der Waals surface area contributed by atoms with Crippen molar-refractivity contribution >= 4 is 29.1 Å². The normalized spacial score (nSPS) is 30.1. The van der Waals surface area contributed by atoms with Gasteiger partial charge in [-0.3, -0.25) is 19.3 Å². The zero-order valence-electron chi connectivity index (χ0n) is 18.8. The maximum atomic E-state index is 14.0. The van der Waals surface area contributed by atoms with Gasteiger partial charge in [0.2, 0.25) is 17.7 Å². The number of carbonyl (C=O) groups is 3. The molecule has 33 heavy (non-hydrogen) atoms. The van der Waals surface area contributed by atoms with E-state index >= 15 is 0 Å². The Hall–Kier alpha value is -3.19. The van der Waals surface area contributed by atoms with Crippen LogP contribution in [0.5, 0.6) is 5.75 Å². The highest BCUT2D eigenvalue weighted by atomic mass is 16.5. The SMILES string of the molecule is CCOc1ccc(N2C(=O)C3C4CCCN4C4(C(=O)Nc5ccc(CC)cc54)C3C2=O)cc1. The number of amides is 3. The zero-order valence-corrected chi connectivity index (χ0v) is 18.8. The fourth-order valence-corrected chi connectivity index (χ4v) is 6.58. The number of hydrogen-bond acceptors (Lipinski definition) is 5. The summed E-state index contributed by atoms with van der Waals surface area (Å²) >= 11 is 0. The van der Waals surface area contributed by atoms with Crippen molar-refractivity contribution in [3.05, 3.63) is 53.6 Å². The number of nitrogens with zero attached hydrogens (tertiary/aromatic N) is 2. The first kappa shape index (κ1) is 20.4. The first-order valence-corrected chi connectivity index (χ1v) is 11.8. The lowest BCUT2D eigenvalue weighted by atomic mass is 9.75. The molecule has 0 aliphatic carbocycles. The summed E-state index contributed by atoms with van der Waals surface area (Å²) < 4.78 is 5.51. The Morgan fingerprint density at radius 2 is 1.85 bits per heavy atom. The molecule has 4 atom stereocenters. The largest absolute Gasteiger partial charge is 0.494 e. The van der Waals surface area contributed by atoms with E-state index in [-0.39, 0.29) is 23.8 Å². The molecule has 3 saturated heterocycles. The summed E-state index contributed by atoms with van der Waals surface area (Å²) in [6.07, 6.45) is 2.56. The number of fused-ring (bicyclic) bond motifs is 7. The Bertz CT molecular complexity index is 1180. The highest BCUT2D eigenvalue weighted by Gasteiger charge is 2.74. The Morgan fingerprint density at radius 1 is 1.06 bits per heavy atom.